The van der Waals surface area contributed by atoms with Crippen LogP contribution in [0.4, 0.5) is 0 Å². The van der Waals surface area contributed by atoms with Gasteiger partial charge in [0, 0.05) is 18.2 Å². The van der Waals surface area contributed by atoms with Crippen LogP contribution in [0.5, 0.6) is 5.75 Å². The molecule has 0 unspecified atom stereocenters. The zero-order chi connectivity index (χ0) is 20.4. The van der Waals surface area contributed by atoms with E-state index in [0.717, 1.165) is 5.56 Å². The van der Waals surface area contributed by atoms with E-state index in [1.54, 1.807) is 12.1 Å². The van der Waals surface area contributed by atoms with Gasteiger partial charge in [-0.2, -0.15) is 4.57 Å². The van der Waals surface area contributed by atoms with Crippen LogP contribution in [0.25, 0.3) is 12.3 Å². The molecule has 0 atom stereocenters. The number of rotatable bonds is 9. The molecule has 0 spiro atoms. The molecule has 2 nitrogen and oxygen atoms in total. The van der Waals surface area contributed by atoms with Gasteiger partial charge in [-0.3, -0.25) is 0 Å². The number of aromatic hydroxyl groups is 1. The van der Waals surface area contributed by atoms with Crippen LogP contribution >= 0.6 is 0 Å². The highest BCUT2D eigenvalue weighted by Gasteiger charge is 1.86. The van der Waals surface area contributed by atoms with Crippen molar-refractivity contribution in [2.24, 2.45) is 0 Å². The van der Waals surface area contributed by atoms with Crippen molar-refractivity contribution in [2.45, 2.75) is 0 Å². The van der Waals surface area contributed by atoms with Gasteiger partial charge in [0.2, 0.25) is 0 Å². The van der Waals surface area contributed by atoms with Gasteiger partial charge < -0.3 is 5.11 Å². The van der Waals surface area contributed by atoms with Crippen molar-refractivity contribution in [3.05, 3.63) is 145 Å². The van der Waals surface area contributed by atoms with Crippen LogP contribution in [0, 0.1) is 0 Å². The molecule has 1 N–H and O–H groups in total. The molecular weight excluding hydrogens is 354 g/mol. The summed E-state index contributed by atoms with van der Waals surface area (Å²) in [6, 6.07) is 13.1. The van der Waals surface area contributed by atoms with Crippen LogP contribution in [-0.2, 0) is 0 Å². The molecule has 1 aromatic heterocycles. The van der Waals surface area contributed by atoms with Crippen molar-refractivity contribution in [3.8, 4) is 5.75 Å². The average molecular weight is 381 g/mol. The maximum Gasteiger partial charge on any atom is 0.174 e. The molecule has 0 saturated heterocycles. The van der Waals surface area contributed by atoms with Crippen LogP contribution in [-0.4, -0.2) is 5.11 Å². The standard InChI is InChI=1S/C27H25NO/c29-27-21-19-26(20-22-27)18-14-11-9-7-5-3-1-2-4-6-8-10-12-15-23-28-24-16-13-17-25-28/h1-25H/p+1/b3-1+,4-2+,7-5+,8-6+,11-9+,12-10+,18-14+,23-15+. The molecule has 2 heteroatoms. The second-order valence-electron chi connectivity index (χ2n) is 5.92. The summed E-state index contributed by atoms with van der Waals surface area (Å²) in [5.74, 6) is 0.281. The maximum atomic E-state index is 9.23. The minimum absolute atomic E-state index is 0.281. The summed E-state index contributed by atoms with van der Waals surface area (Å²) >= 11 is 0. The van der Waals surface area contributed by atoms with Gasteiger partial charge in [-0.1, -0.05) is 103 Å². The lowest BCUT2D eigenvalue weighted by Gasteiger charge is -1.92. The van der Waals surface area contributed by atoms with Gasteiger partial charge in [-0.25, -0.2) is 0 Å². The number of benzene rings is 1. The second-order valence-corrected chi connectivity index (χ2v) is 5.92. The van der Waals surface area contributed by atoms with E-state index in [-0.39, 0.29) is 5.75 Å². The number of hydrogen-bond donors (Lipinski definition) is 1. The van der Waals surface area contributed by atoms with Crippen molar-refractivity contribution in [3.63, 3.8) is 0 Å². The Hall–Kier alpha value is -3.91. The van der Waals surface area contributed by atoms with Crippen molar-refractivity contribution in [1.82, 2.24) is 0 Å². The van der Waals surface area contributed by atoms with Gasteiger partial charge in [0.05, 0.1) is 0 Å². The summed E-state index contributed by atoms with van der Waals surface area (Å²) in [4.78, 5) is 0. The minimum atomic E-state index is 0.281. The Labute approximate surface area is 173 Å². The first-order valence-electron chi connectivity index (χ1n) is 9.44. The molecule has 0 aliphatic heterocycles. The Bertz CT molecular complexity index is 938. The predicted molar refractivity (Wildman–Crippen MR) is 124 cm³/mol. The van der Waals surface area contributed by atoms with E-state index in [1.807, 2.05) is 145 Å². The Balaban J connectivity index is 1.61. The molecule has 0 bridgehead atoms. The van der Waals surface area contributed by atoms with Gasteiger partial charge in [0.25, 0.3) is 0 Å². The number of aromatic nitrogens is 1. The number of nitrogens with zero attached hydrogens (tertiary/aromatic N) is 1. The van der Waals surface area contributed by atoms with Crippen LogP contribution in [0.15, 0.2) is 140 Å². The highest BCUT2D eigenvalue weighted by molar-refractivity contribution is 5.52. The Morgan fingerprint density at radius 1 is 0.517 bits per heavy atom. The lowest BCUT2D eigenvalue weighted by Crippen LogP contribution is -2.23. The van der Waals surface area contributed by atoms with Gasteiger partial charge in [-0.05, 0) is 17.7 Å². The van der Waals surface area contributed by atoms with Crippen molar-refractivity contribution in [1.29, 1.82) is 0 Å². The van der Waals surface area contributed by atoms with E-state index in [9.17, 15) is 5.11 Å². The third kappa shape index (κ3) is 10.7. The molecule has 29 heavy (non-hydrogen) atoms. The summed E-state index contributed by atoms with van der Waals surface area (Å²) in [6.07, 6.45) is 35.7. The summed E-state index contributed by atoms with van der Waals surface area (Å²) in [6.45, 7) is 0. The predicted octanol–water partition coefficient (Wildman–Crippen LogP) is 6.20. The molecule has 0 amide bonds. The number of pyridine rings is 1. The third-order valence-corrected chi connectivity index (χ3v) is 3.62. The summed E-state index contributed by atoms with van der Waals surface area (Å²) in [5, 5.41) is 9.23. The molecule has 1 aromatic carbocycles. The molecule has 0 aliphatic carbocycles. The summed E-state index contributed by atoms with van der Waals surface area (Å²) < 4.78 is 1.99. The fourth-order valence-corrected chi connectivity index (χ4v) is 2.18. The van der Waals surface area contributed by atoms with E-state index in [0.29, 0.717) is 0 Å². The maximum absolute atomic E-state index is 9.23. The van der Waals surface area contributed by atoms with E-state index in [2.05, 4.69) is 0 Å². The lowest BCUT2D eigenvalue weighted by molar-refractivity contribution is -0.568. The topological polar surface area (TPSA) is 24.1 Å². The molecule has 0 saturated carbocycles. The molecule has 2 rings (SSSR count). The third-order valence-electron chi connectivity index (χ3n) is 3.62. The van der Waals surface area contributed by atoms with Crippen LogP contribution in [0.2, 0.25) is 0 Å². The summed E-state index contributed by atoms with van der Waals surface area (Å²) in [5.41, 5.74) is 1.05. The number of phenolic OH excluding ortho intramolecular Hbond substituents is 1. The van der Waals surface area contributed by atoms with Crippen LogP contribution < -0.4 is 4.57 Å². The smallest absolute Gasteiger partial charge is 0.174 e. The Kier molecular flexibility index (Phi) is 10.5. The normalized spacial score (nSPS) is 13.2. The SMILES string of the molecule is Oc1ccc(/C=C/C=C/C=C/C=C/C=C/C=C/C=C/C=C/[n+]2ccccc2)cc1. The average Bonchev–Trinajstić information content (AvgIpc) is 2.75. The highest BCUT2D eigenvalue weighted by Crippen LogP contribution is 2.10. The van der Waals surface area contributed by atoms with E-state index in [4.69, 9.17) is 0 Å². The number of hydrogen-bond acceptors (Lipinski definition) is 1. The van der Waals surface area contributed by atoms with Crippen LogP contribution in [0.3, 0.4) is 0 Å². The Morgan fingerprint density at radius 2 is 0.966 bits per heavy atom. The highest BCUT2D eigenvalue weighted by atomic mass is 16.3. The van der Waals surface area contributed by atoms with Crippen LogP contribution in [0.1, 0.15) is 5.56 Å². The first-order valence-corrected chi connectivity index (χ1v) is 9.44. The first kappa shape index (κ1) is 21.4. The first-order chi connectivity index (χ1) is 14.3. The summed E-state index contributed by atoms with van der Waals surface area (Å²) in [7, 11) is 0. The fraction of sp³-hybridized carbons (Fsp3) is 0. The van der Waals surface area contributed by atoms with Crippen molar-refractivity contribution < 1.29 is 9.67 Å². The van der Waals surface area contributed by atoms with Gasteiger partial charge in [0.15, 0.2) is 18.6 Å². The number of phenols is 1. The lowest BCUT2D eigenvalue weighted by atomic mass is 10.2. The molecule has 2 aromatic rings. The molecule has 0 fully saturated rings. The van der Waals surface area contributed by atoms with E-state index < -0.39 is 0 Å². The van der Waals surface area contributed by atoms with Gasteiger partial charge in [0.1, 0.15) is 5.75 Å². The fourth-order valence-electron chi connectivity index (χ4n) is 2.18. The van der Waals surface area contributed by atoms with E-state index >= 15 is 0 Å². The number of allylic oxidation sites excluding steroid dienone is 14. The molecule has 144 valence electrons. The molecular formula is C27H26NO+. The molecule has 0 aliphatic rings. The van der Waals surface area contributed by atoms with Gasteiger partial charge in [-0.15, -0.1) is 0 Å². The quantitative estimate of drug-likeness (QED) is 0.406. The zero-order valence-corrected chi connectivity index (χ0v) is 16.3. The second kappa shape index (κ2) is 14.2. The van der Waals surface area contributed by atoms with Crippen molar-refractivity contribution in [2.75, 3.05) is 0 Å². The van der Waals surface area contributed by atoms with Crippen molar-refractivity contribution >= 4 is 12.3 Å². The minimum Gasteiger partial charge on any atom is -0.508 e. The largest absolute Gasteiger partial charge is 0.508 e. The Morgan fingerprint density at radius 3 is 1.48 bits per heavy atom. The zero-order valence-electron chi connectivity index (χ0n) is 16.3. The molecule has 0 radical (unpaired) electrons. The van der Waals surface area contributed by atoms with E-state index in [1.165, 1.54) is 0 Å². The monoisotopic (exact) mass is 380 g/mol. The van der Waals surface area contributed by atoms with Gasteiger partial charge >= 0.3 is 0 Å². The molecule has 1 heterocycles.